The van der Waals surface area contributed by atoms with Crippen molar-refractivity contribution in [3.63, 3.8) is 0 Å². The van der Waals surface area contributed by atoms with Gasteiger partial charge in [-0.2, -0.15) is 0 Å². The monoisotopic (exact) mass is 269 g/mol. The lowest BCUT2D eigenvalue weighted by molar-refractivity contribution is 0.0951. The molecule has 0 spiro atoms. The van der Waals surface area contributed by atoms with E-state index in [0.29, 0.717) is 17.9 Å². The molecule has 0 aliphatic heterocycles. The van der Waals surface area contributed by atoms with Crippen molar-refractivity contribution in [2.75, 3.05) is 5.32 Å². The number of aromatic nitrogens is 1. The minimum atomic E-state index is -0.120. The number of carbonyl (C=O) groups excluding carboxylic acids is 1. The van der Waals surface area contributed by atoms with E-state index in [9.17, 15) is 4.79 Å². The highest BCUT2D eigenvalue weighted by Gasteiger charge is 2.12. The van der Waals surface area contributed by atoms with Crippen molar-refractivity contribution in [2.24, 2.45) is 0 Å². The van der Waals surface area contributed by atoms with Crippen molar-refractivity contribution in [3.05, 3.63) is 59.8 Å². The second-order valence-corrected chi connectivity index (χ2v) is 4.87. The molecule has 1 amide bonds. The molecule has 0 saturated heterocycles. The number of nitrogens with zero attached hydrogens (tertiary/aromatic N) is 1. The maximum Gasteiger partial charge on any atom is 0.255 e. The predicted octanol–water partition coefficient (Wildman–Crippen LogP) is 2.83. The van der Waals surface area contributed by atoms with E-state index < -0.39 is 0 Å². The van der Waals surface area contributed by atoms with Crippen molar-refractivity contribution in [1.29, 1.82) is 0 Å². The molecule has 0 atom stereocenters. The Morgan fingerprint density at radius 3 is 2.60 bits per heavy atom. The average molecular weight is 269 g/mol. The molecule has 0 aliphatic carbocycles. The second-order valence-electron chi connectivity index (χ2n) is 4.87. The minimum Gasteiger partial charge on any atom is -0.367 e. The Labute approximate surface area is 119 Å². The van der Waals surface area contributed by atoms with Crippen LogP contribution in [0, 0.1) is 0 Å². The van der Waals surface area contributed by atoms with Gasteiger partial charge in [-0.25, -0.2) is 4.98 Å². The summed E-state index contributed by atoms with van der Waals surface area (Å²) < 4.78 is 0. The van der Waals surface area contributed by atoms with Crippen LogP contribution >= 0.6 is 0 Å². The third kappa shape index (κ3) is 3.82. The Hall–Kier alpha value is -2.36. The number of hydrogen-bond donors (Lipinski definition) is 2. The van der Waals surface area contributed by atoms with Crippen molar-refractivity contribution < 1.29 is 4.79 Å². The van der Waals surface area contributed by atoms with Gasteiger partial charge in [0, 0.05) is 18.8 Å². The molecule has 2 rings (SSSR count). The Morgan fingerprint density at radius 1 is 1.15 bits per heavy atom. The van der Waals surface area contributed by atoms with E-state index in [2.05, 4.69) is 15.6 Å². The lowest BCUT2D eigenvalue weighted by Gasteiger charge is -2.13. The molecule has 1 aromatic carbocycles. The van der Waals surface area contributed by atoms with E-state index in [0.717, 1.165) is 5.56 Å². The van der Waals surface area contributed by atoms with Crippen molar-refractivity contribution >= 4 is 11.7 Å². The van der Waals surface area contributed by atoms with E-state index in [1.54, 1.807) is 18.3 Å². The zero-order valence-electron chi connectivity index (χ0n) is 11.8. The maximum absolute atomic E-state index is 12.2. The number of amides is 1. The SMILES string of the molecule is CC(C)Nc1ncccc1C(=O)NCc1ccccc1. The van der Waals surface area contributed by atoms with Crippen molar-refractivity contribution in [2.45, 2.75) is 26.4 Å². The summed E-state index contributed by atoms with van der Waals surface area (Å²) in [6, 6.07) is 13.6. The first-order valence-electron chi connectivity index (χ1n) is 6.70. The summed E-state index contributed by atoms with van der Waals surface area (Å²) >= 11 is 0. The van der Waals surface area contributed by atoms with Gasteiger partial charge < -0.3 is 10.6 Å². The van der Waals surface area contributed by atoms with Gasteiger partial charge >= 0.3 is 0 Å². The van der Waals surface area contributed by atoms with Crippen molar-refractivity contribution in [1.82, 2.24) is 10.3 Å². The summed E-state index contributed by atoms with van der Waals surface area (Å²) in [5, 5.41) is 6.09. The Kier molecular flexibility index (Phi) is 4.71. The molecular weight excluding hydrogens is 250 g/mol. The van der Waals surface area contributed by atoms with Crippen LogP contribution in [0.3, 0.4) is 0 Å². The van der Waals surface area contributed by atoms with Gasteiger partial charge in [-0.05, 0) is 31.5 Å². The van der Waals surface area contributed by atoms with Gasteiger partial charge in [0.25, 0.3) is 5.91 Å². The first kappa shape index (κ1) is 14.1. The van der Waals surface area contributed by atoms with Crippen LogP contribution in [-0.2, 0) is 6.54 Å². The minimum absolute atomic E-state index is 0.120. The van der Waals surface area contributed by atoms with E-state index in [1.807, 2.05) is 44.2 Å². The molecular formula is C16H19N3O. The Balaban J connectivity index is 2.05. The first-order valence-corrected chi connectivity index (χ1v) is 6.70. The second kappa shape index (κ2) is 6.70. The van der Waals surface area contributed by atoms with Gasteiger partial charge in [0.2, 0.25) is 0 Å². The lowest BCUT2D eigenvalue weighted by atomic mass is 10.2. The molecule has 2 aromatic rings. The Morgan fingerprint density at radius 2 is 1.90 bits per heavy atom. The number of nitrogens with one attached hydrogen (secondary N) is 2. The van der Waals surface area contributed by atoms with Crippen LogP contribution in [0.2, 0.25) is 0 Å². The zero-order chi connectivity index (χ0) is 14.4. The number of rotatable bonds is 5. The molecule has 0 fully saturated rings. The van der Waals surface area contributed by atoms with Gasteiger partial charge in [0.1, 0.15) is 5.82 Å². The van der Waals surface area contributed by atoms with Gasteiger partial charge in [-0.3, -0.25) is 4.79 Å². The van der Waals surface area contributed by atoms with Gasteiger partial charge in [-0.15, -0.1) is 0 Å². The van der Waals surface area contributed by atoms with E-state index >= 15 is 0 Å². The predicted molar refractivity (Wildman–Crippen MR) is 80.6 cm³/mol. The van der Waals surface area contributed by atoms with Gasteiger partial charge in [0.05, 0.1) is 5.56 Å². The first-order chi connectivity index (χ1) is 9.66. The van der Waals surface area contributed by atoms with Crippen LogP contribution in [0.15, 0.2) is 48.7 Å². The van der Waals surface area contributed by atoms with Gasteiger partial charge in [-0.1, -0.05) is 30.3 Å². The quantitative estimate of drug-likeness (QED) is 0.877. The fraction of sp³-hybridized carbons (Fsp3) is 0.250. The number of benzene rings is 1. The van der Waals surface area contributed by atoms with E-state index in [1.165, 1.54) is 0 Å². The van der Waals surface area contributed by atoms with E-state index in [4.69, 9.17) is 0 Å². The van der Waals surface area contributed by atoms with Crippen LogP contribution in [0.25, 0.3) is 0 Å². The molecule has 104 valence electrons. The molecule has 1 heterocycles. The maximum atomic E-state index is 12.2. The standard InChI is InChI=1S/C16H19N3O/c1-12(2)19-15-14(9-6-10-17-15)16(20)18-11-13-7-4-3-5-8-13/h3-10,12H,11H2,1-2H3,(H,17,19)(H,18,20). The molecule has 4 nitrogen and oxygen atoms in total. The number of anilines is 1. The summed E-state index contributed by atoms with van der Waals surface area (Å²) in [6.07, 6.45) is 1.68. The molecule has 0 radical (unpaired) electrons. The molecule has 1 aromatic heterocycles. The van der Waals surface area contributed by atoms with Crippen LogP contribution in [0.4, 0.5) is 5.82 Å². The van der Waals surface area contributed by atoms with Crippen LogP contribution < -0.4 is 10.6 Å². The molecule has 0 saturated carbocycles. The normalized spacial score (nSPS) is 10.3. The molecule has 0 bridgehead atoms. The highest BCUT2D eigenvalue weighted by Crippen LogP contribution is 2.12. The fourth-order valence-corrected chi connectivity index (χ4v) is 1.85. The Bertz CT molecular complexity index is 567. The third-order valence-electron chi connectivity index (χ3n) is 2.77. The van der Waals surface area contributed by atoms with Crippen molar-refractivity contribution in [3.8, 4) is 0 Å². The summed E-state index contributed by atoms with van der Waals surface area (Å²) in [7, 11) is 0. The number of hydrogen-bond acceptors (Lipinski definition) is 3. The van der Waals surface area contributed by atoms with Crippen LogP contribution in [0.5, 0.6) is 0 Å². The summed E-state index contributed by atoms with van der Waals surface area (Å²) in [5.74, 6) is 0.498. The highest BCUT2D eigenvalue weighted by atomic mass is 16.1. The fourth-order valence-electron chi connectivity index (χ4n) is 1.85. The number of pyridine rings is 1. The summed E-state index contributed by atoms with van der Waals surface area (Å²) in [4.78, 5) is 16.5. The summed E-state index contributed by atoms with van der Waals surface area (Å²) in [5.41, 5.74) is 1.64. The smallest absolute Gasteiger partial charge is 0.255 e. The molecule has 20 heavy (non-hydrogen) atoms. The molecule has 4 heteroatoms. The van der Waals surface area contributed by atoms with E-state index in [-0.39, 0.29) is 11.9 Å². The molecule has 0 unspecified atom stereocenters. The zero-order valence-corrected chi connectivity index (χ0v) is 11.8. The topological polar surface area (TPSA) is 54.0 Å². The molecule has 2 N–H and O–H groups in total. The summed E-state index contributed by atoms with van der Waals surface area (Å²) in [6.45, 7) is 4.54. The largest absolute Gasteiger partial charge is 0.367 e. The highest BCUT2D eigenvalue weighted by molar-refractivity contribution is 5.98. The van der Waals surface area contributed by atoms with Crippen LogP contribution in [0.1, 0.15) is 29.8 Å². The van der Waals surface area contributed by atoms with Crippen LogP contribution in [-0.4, -0.2) is 16.9 Å². The average Bonchev–Trinajstić information content (AvgIpc) is 2.46. The lowest BCUT2D eigenvalue weighted by Crippen LogP contribution is -2.25. The third-order valence-corrected chi connectivity index (χ3v) is 2.77. The molecule has 0 aliphatic rings. The van der Waals surface area contributed by atoms with Gasteiger partial charge in [0.15, 0.2) is 0 Å². The number of carbonyl (C=O) groups is 1.